The van der Waals surface area contributed by atoms with Crippen LogP contribution in [-0.4, -0.2) is 65.5 Å². The molecule has 2 aliphatic heterocycles. The summed E-state index contributed by atoms with van der Waals surface area (Å²) in [6, 6.07) is 2.05. The monoisotopic (exact) mass is 308 g/mol. The van der Waals surface area contributed by atoms with E-state index >= 15 is 0 Å². The second-order valence-corrected chi connectivity index (χ2v) is 6.14. The summed E-state index contributed by atoms with van der Waals surface area (Å²) in [5.74, 6) is 0.122. The molecule has 0 spiro atoms. The summed E-state index contributed by atoms with van der Waals surface area (Å²) in [5.41, 5.74) is 0.955. The van der Waals surface area contributed by atoms with Crippen molar-refractivity contribution in [3.63, 3.8) is 0 Å². The van der Waals surface area contributed by atoms with E-state index in [-0.39, 0.29) is 30.3 Å². The molecule has 4 atom stereocenters. The molecule has 1 amide bonds. The molecule has 2 N–H and O–H groups in total. The summed E-state index contributed by atoms with van der Waals surface area (Å²) in [6.45, 7) is 6.36. The van der Waals surface area contributed by atoms with Crippen molar-refractivity contribution in [1.82, 2.24) is 20.4 Å². The van der Waals surface area contributed by atoms with Gasteiger partial charge in [0.2, 0.25) is 5.91 Å². The number of H-pyrrole nitrogens is 1. The molecule has 1 aromatic rings. The molecule has 22 heavy (non-hydrogen) atoms. The normalized spacial score (nSPS) is 32.4. The Balaban J connectivity index is 1.52. The number of carbonyl (C=O) groups excluding carboxylic acids is 1. The number of nitrogens with zero attached hydrogens (tertiary/aromatic N) is 2. The molecule has 0 aliphatic carbocycles. The van der Waals surface area contributed by atoms with E-state index in [4.69, 9.17) is 9.47 Å². The Morgan fingerprint density at radius 1 is 1.45 bits per heavy atom. The van der Waals surface area contributed by atoms with Gasteiger partial charge in [-0.15, -0.1) is 0 Å². The average molecular weight is 308 g/mol. The summed E-state index contributed by atoms with van der Waals surface area (Å²) >= 11 is 0. The average Bonchev–Trinajstić information content (AvgIpc) is 3.14. The van der Waals surface area contributed by atoms with Crippen LogP contribution in [0.2, 0.25) is 0 Å². The van der Waals surface area contributed by atoms with Crippen LogP contribution in [-0.2, 0) is 14.3 Å². The predicted molar refractivity (Wildman–Crippen MR) is 80.3 cm³/mol. The molecule has 7 heteroatoms. The highest BCUT2D eigenvalue weighted by atomic mass is 16.5. The Kier molecular flexibility index (Phi) is 4.75. The number of hydrogen-bond donors (Lipinski definition) is 2. The van der Waals surface area contributed by atoms with Gasteiger partial charge in [-0.25, -0.2) is 0 Å². The first kappa shape index (κ1) is 15.5. The van der Waals surface area contributed by atoms with Crippen molar-refractivity contribution in [2.24, 2.45) is 0 Å². The molecule has 0 saturated carbocycles. The molecule has 0 radical (unpaired) electrons. The smallest absolute Gasteiger partial charge is 0.236 e. The van der Waals surface area contributed by atoms with Crippen molar-refractivity contribution in [3.05, 3.63) is 18.0 Å². The van der Waals surface area contributed by atoms with Crippen LogP contribution in [0.5, 0.6) is 0 Å². The van der Waals surface area contributed by atoms with E-state index < -0.39 is 0 Å². The summed E-state index contributed by atoms with van der Waals surface area (Å²) < 4.78 is 11.4. The van der Waals surface area contributed by atoms with Gasteiger partial charge in [0.15, 0.2) is 0 Å². The van der Waals surface area contributed by atoms with Gasteiger partial charge < -0.3 is 19.7 Å². The maximum absolute atomic E-state index is 12.4. The van der Waals surface area contributed by atoms with Crippen molar-refractivity contribution >= 4 is 5.91 Å². The Morgan fingerprint density at radius 3 is 2.91 bits per heavy atom. The van der Waals surface area contributed by atoms with Crippen molar-refractivity contribution in [3.8, 4) is 0 Å². The van der Waals surface area contributed by atoms with Crippen molar-refractivity contribution < 1.29 is 14.3 Å². The van der Waals surface area contributed by atoms with E-state index in [0.29, 0.717) is 26.2 Å². The van der Waals surface area contributed by atoms with Crippen LogP contribution in [0.4, 0.5) is 0 Å². The minimum absolute atomic E-state index is 0.0576. The minimum atomic E-state index is -0.0576. The first-order chi connectivity index (χ1) is 10.6. The lowest BCUT2D eigenvalue weighted by Crippen LogP contribution is -2.51. The van der Waals surface area contributed by atoms with Gasteiger partial charge in [0.25, 0.3) is 0 Å². The lowest BCUT2D eigenvalue weighted by molar-refractivity contribution is -0.142. The van der Waals surface area contributed by atoms with Crippen LogP contribution in [0.3, 0.4) is 0 Å². The van der Waals surface area contributed by atoms with Gasteiger partial charge in [-0.3, -0.25) is 9.89 Å². The quantitative estimate of drug-likeness (QED) is 0.845. The first-order valence-electron chi connectivity index (χ1n) is 7.91. The van der Waals surface area contributed by atoms with Gasteiger partial charge in [-0.1, -0.05) is 0 Å². The third kappa shape index (κ3) is 3.48. The molecule has 7 nitrogen and oxygen atoms in total. The van der Waals surface area contributed by atoms with E-state index in [1.807, 2.05) is 24.8 Å². The zero-order chi connectivity index (χ0) is 15.5. The van der Waals surface area contributed by atoms with Gasteiger partial charge in [0.05, 0.1) is 24.4 Å². The Labute approximate surface area is 130 Å². The number of amides is 1. The van der Waals surface area contributed by atoms with Crippen LogP contribution in [0.25, 0.3) is 0 Å². The van der Waals surface area contributed by atoms with Gasteiger partial charge in [0, 0.05) is 31.9 Å². The maximum Gasteiger partial charge on any atom is 0.236 e. The highest BCUT2D eigenvalue weighted by Gasteiger charge is 2.32. The van der Waals surface area contributed by atoms with E-state index in [1.165, 1.54) is 0 Å². The number of aromatic nitrogens is 2. The lowest BCUT2D eigenvalue weighted by atomic mass is 10.1. The first-order valence-corrected chi connectivity index (χ1v) is 7.91. The number of nitrogens with one attached hydrogen (secondary N) is 2. The van der Waals surface area contributed by atoms with Crippen molar-refractivity contribution in [2.45, 2.75) is 44.6 Å². The molecule has 1 aromatic heterocycles. The molecule has 0 bridgehead atoms. The SMILES string of the molecule is CC1CN(C(=O)CN[C@@H]2CCO[C@H]2c2ccn[nH]2)CC(C)O1. The van der Waals surface area contributed by atoms with Crippen LogP contribution < -0.4 is 5.32 Å². The van der Waals surface area contributed by atoms with Crippen LogP contribution in [0.15, 0.2) is 12.3 Å². The minimum Gasteiger partial charge on any atom is -0.372 e. The lowest BCUT2D eigenvalue weighted by Gasteiger charge is -2.35. The fraction of sp³-hybridized carbons (Fsp3) is 0.733. The van der Waals surface area contributed by atoms with E-state index in [2.05, 4.69) is 15.5 Å². The molecule has 2 aliphatic rings. The maximum atomic E-state index is 12.4. The third-order valence-corrected chi connectivity index (χ3v) is 4.21. The number of hydrogen-bond acceptors (Lipinski definition) is 5. The number of aromatic amines is 1. The molecule has 3 rings (SSSR count). The number of rotatable bonds is 4. The van der Waals surface area contributed by atoms with Gasteiger partial charge in [-0.05, 0) is 26.3 Å². The number of ether oxygens (including phenoxy) is 2. The molecule has 2 fully saturated rings. The Morgan fingerprint density at radius 2 is 2.23 bits per heavy atom. The number of morpholine rings is 1. The van der Waals surface area contributed by atoms with E-state index in [0.717, 1.165) is 12.1 Å². The summed E-state index contributed by atoms with van der Waals surface area (Å²) in [6.07, 6.45) is 2.75. The zero-order valence-electron chi connectivity index (χ0n) is 13.1. The Hall–Kier alpha value is -1.44. The molecule has 122 valence electrons. The molecular formula is C15H24N4O3. The highest BCUT2D eigenvalue weighted by molar-refractivity contribution is 5.78. The Bertz CT molecular complexity index is 483. The largest absolute Gasteiger partial charge is 0.372 e. The van der Waals surface area contributed by atoms with Crippen LogP contribution in [0, 0.1) is 0 Å². The fourth-order valence-corrected chi connectivity index (χ4v) is 3.24. The summed E-state index contributed by atoms with van der Waals surface area (Å²) in [7, 11) is 0. The van der Waals surface area contributed by atoms with Gasteiger partial charge in [-0.2, -0.15) is 5.10 Å². The molecular weight excluding hydrogens is 284 g/mol. The second-order valence-electron chi connectivity index (χ2n) is 6.14. The molecule has 2 saturated heterocycles. The van der Waals surface area contributed by atoms with Gasteiger partial charge >= 0.3 is 0 Å². The zero-order valence-corrected chi connectivity index (χ0v) is 13.1. The second kappa shape index (κ2) is 6.76. The van der Waals surface area contributed by atoms with Crippen LogP contribution >= 0.6 is 0 Å². The fourth-order valence-electron chi connectivity index (χ4n) is 3.24. The topological polar surface area (TPSA) is 79.5 Å². The van der Waals surface area contributed by atoms with Crippen molar-refractivity contribution in [2.75, 3.05) is 26.2 Å². The number of carbonyl (C=O) groups is 1. The molecule has 3 heterocycles. The predicted octanol–water partition coefficient (Wildman–Crippen LogP) is 0.465. The summed E-state index contributed by atoms with van der Waals surface area (Å²) in [4.78, 5) is 14.3. The summed E-state index contributed by atoms with van der Waals surface area (Å²) in [5, 5.41) is 10.3. The van der Waals surface area contributed by atoms with Gasteiger partial charge in [0.1, 0.15) is 6.10 Å². The molecule has 2 unspecified atom stereocenters. The third-order valence-electron chi connectivity index (χ3n) is 4.21. The standard InChI is InChI=1S/C15H24N4O3/c1-10-8-19(9-11(2)22-10)14(20)7-16-12-4-6-21-15(12)13-3-5-17-18-13/h3,5,10-12,15-16H,4,6-9H2,1-2H3,(H,17,18)/t10?,11?,12-,15-/m1/s1. The van der Waals surface area contributed by atoms with Crippen LogP contribution in [0.1, 0.15) is 32.1 Å². The van der Waals surface area contributed by atoms with E-state index in [9.17, 15) is 4.79 Å². The highest BCUT2D eigenvalue weighted by Crippen LogP contribution is 2.27. The van der Waals surface area contributed by atoms with Crippen molar-refractivity contribution in [1.29, 1.82) is 0 Å². The van der Waals surface area contributed by atoms with E-state index in [1.54, 1.807) is 6.20 Å². The molecule has 0 aromatic carbocycles.